The van der Waals surface area contributed by atoms with Gasteiger partial charge in [-0.1, -0.05) is 18.2 Å². The lowest BCUT2D eigenvalue weighted by atomic mass is 10.1. The van der Waals surface area contributed by atoms with Gasteiger partial charge in [-0.3, -0.25) is 4.79 Å². The highest BCUT2D eigenvalue weighted by atomic mass is 19.1. The van der Waals surface area contributed by atoms with Crippen molar-refractivity contribution in [3.8, 4) is 22.5 Å². The molecule has 0 atom stereocenters. The quantitative estimate of drug-likeness (QED) is 0.560. The summed E-state index contributed by atoms with van der Waals surface area (Å²) in [6.07, 6.45) is 0. The lowest BCUT2D eigenvalue weighted by Gasteiger charge is -2.08. The molecule has 27 heavy (non-hydrogen) atoms. The van der Waals surface area contributed by atoms with Crippen molar-refractivity contribution in [1.82, 2.24) is 4.98 Å². The van der Waals surface area contributed by atoms with Crippen molar-refractivity contribution >= 4 is 17.6 Å². The van der Waals surface area contributed by atoms with E-state index < -0.39 is 11.9 Å². The van der Waals surface area contributed by atoms with Gasteiger partial charge in [-0.25, -0.2) is 14.2 Å². The first-order valence-electron chi connectivity index (χ1n) is 8.38. The molecular formula is C21H17FN2O3. The average Bonchev–Trinajstić information content (AvgIpc) is 2.69. The minimum Gasteiger partial charge on any atom is -0.459 e. The van der Waals surface area contributed by atoms with E-state index in [4.69, 9.17) is 0 Å². The molecular weight excluding hydrogens is 347 g/mol. The van der Waals surface area contributed by atoms with E-state index in [1.807, 2.05) is 24.3 Å². The molecule has 0 saturated carbocycles. The smallest absolute Gasteiger partial charge is 0.397 e. The zero-order chi connectivity index (χ0) is 19.2. The number of pyridine rings is 1. The number of carbonyl (C=O) groups is 2. The minimum absolute atomic E-state index is 0.131. The number of anilines is 1. The normalized spacial score (nSPS) is 10.3. The fraction of sp³-hybridized carbons (Fsp3) is 0.0952. The van der Waals surface area contributed by atoms with Gasteiger partial charge >= 0.3 is 11.9 Å². The summed E-state index contributed by atoms with van der Waals surface area (Å²) >= 11 is 0. The Balaban J connectivity index is 1.85. The number of nitrogens with zero attached hydrogens (tertiary/aromatic N) is 1. The maximum atomic E-state index is 13.1. The molecule has 0 aliphatic heterocycles. The average molecular weight is 364 g/mol. The molecule has 3 aromatic rings. The van der Waals surface area contributed by atoms with E-state index >= 15 is 0 Å². The van der Waals surface area contributed by atoms with Crippen molar-refractivity contribution in [3.05, 3.63) is 72.5 Å². The molecule has 1 aromatic heterocycles. The summed E-state index contributed by atoms with van der Waals surface area (Å²) in [6, 6.07) is 18.6. The van der Waals surface area contributed by atoms with Gasteiger partial charge in [0, 0.05) is 16.8 Å². The van der Waals surface area contributed by atoms with Gasteiger partial charge in [-0.2, -0.15) is 0 Å². The van der Waals surface area contributed by atoms with Crippen molar-refractivity contribution in [3.63, 3.8) is 0 Å². The van der Waals surface area contributed by atoms with Crippen molar-refractivity contribution in [2.45, 2.75) is 6.92 Å². The van der Waals surface area contributed by atoms with Crippen LogP contribution in [0.2, 0.25) is 0 Å². The van der Waals surface area contributed by atoms with Crippen LogP contribution >= 0.6 is 0 Å². The third kappa shape index (κ3) is 4.55. The highest BCUT2D eigenvalue weighted by molar-refractivity contribution is 6.37. The third-order valence-corrected chi connectivity index (χ3v) is 3.77. The molecule has 0 aliphatic carbocycles. The lowest BCUT2D eigenvalue weighted by Crippen LogP contribution is -2.24. The van der Waals surface area contributed by atoms with Crippen LogP contribution in [-0.4, -0.2) is 23.5 Å². The number of amides is 1. The van der Waals surface area contributed by atoms with Crippen LogP contribution in [0.1, 0.15) is 6.92 Å². The summed E-state index contributed by atoms with van der Waals surface area (Å²) in [6.45, 7) is 1.76. The molecule has 136 valence electrons. The van der Waals surface area contributed by atoms with E-state index in [2.05, 4.69) is 15.0 Å². The van der Waals surface area contributed by atoms with Gasteiger partial charge in [0.2, 0.25) is 0 Å². The topological polar surface area (TPSA) is 68.3 Å². The van der Waals surface area contributed by atoms with Gasteiger partial charge < -0.3 is 10.1 Å². The Morgan fingerprint density at radius 2 is 1.63 bits per heavy atom. The Bertz CT molecular complexity index is 971. The summed E-state index contributed by atoms with van der Waals surface area (Å²) in [5.41, 5.74) is 3.41. The Morgan fingerprint density at radius 3 is 2.33 bits per heavy atom. The first-order valence-corrected chi connectivity index (χ1v) is 8.38. The van der Waals surface area contributed by atoms with Gasteiger partial charge in [0.25, 0.3) is 0 Å². The van der Waals surface area contributed by atoms with Gasteiger partial charge in [0.05, 0.1) is 18.0 Å². The van der Waals surface area contributed by atoms with Crippen molar-refractivity contribution < 1.29 is 18.7 Å². The predicted octanol–water partition coefficient (Wildman–Crippen LogP) is 4.06. The number of benzene rings is 2. The molecule has 1 heterocycles. The number of esters is 1. The van der Waals surface area contributed by atoms with Crippen LogP contribution in [0.15, 0.2) is 66.7 Å². The van der Waals surface area contributed by atoms with E-state index in [1.165, 1.54) is 12.1 Å². The van der Waals surface area contributed by atoms with Crippen LogP contribution in [0, 0.1) is 5.82 Å². The summed E-state index contributed by atoms with van der Waals surface area (Å²) < 4.78 is 17.8. The second-order valence-electron chi connectivity index (χ2n) is 5.67. The highest BCUT2D eigenvalue weighted by Gasteiger charge is 2.15. The molecule has 0 aliphatic rings. The SMILES string of the molecule is CCOC(=O)C(=O)Nc1cccc(-c2cccc(-c3ccc(F)cc3)n2)c1. The molecule has 0 bridgehead atoms. The molecule has 2 aromatic carbocycles. The molecule has 5 nitrogen and oxygen atoms in total. The Morgan fingerprint density at radius 1 is 0.963 bits per heavy atom. The van der Waals surface area contributed by atoms with Crippen molar-refractivity contribution in [2.24, 2.45) is 0 Å². The van der Waals surface area contributed by atoms with Crippen LogP contribution in [0.4, 0.5) is 10.1 Å². The number of rotatable bonds is 4. The molecule has 1 N–H and O–H groups in total. The molecule has 0 saturated heterocycles. The Labute approximate surface area is 155 Å². The summed E-state index contributed by atoms with van der Waals surface area (Å²) in [7, 11) is 0. The number of aromatic nitrogens is 1. The summed E-state index contributed by atoms with van der Waals surface area (Å²) in [5, 5.41) is 2.51. The lowest BCUT2D eigenvalue weighted by molar-refractivity contribution is -0.152. The van der Waals surface area contributed by atoms with Crippen LogP contribution < -0.4 is 5.32 Å². The maximum absolute atomic E-state index is 13.1. The van der Waals surface area contributed by atoms with Crippen molar-refractivity contribution in [2.75, 3.05) is 11.9 Å². The highest BCUT2D eigenvalue weighted by Crippen LogP contribution is 2.24. The largest absolute Gasteiger partial charge is 0.459 e. The number of hydrogen-bond acceptors (Lipinski definition) is 4. The molecule has 0 radical (unpaired) electrons. The van der Waals surface area contributed by atoms with Crippen LogP contribution in [-0.2, 0) is 14.3 Å². The van der Waals surface area contributed by atoms with E-state index in [0.29, 0.717) is 17.1 Å². The Hall–Kier alpha value is -3.54. The van der Waals surface area contributed by atoms with Crippen LogP contribution in [0.5, 0.6) is 0 Å². The zero-order valence-electron chi connectivity index (χ0n) is 14.6. The van der Waals surface area contributed by atoms with Gasteiger partial charge in [0.15, 0.2) is 0 Å². The van der Waals surface area contributed by atoms with Gasteiger partial charge in [0.1, 0.15) is 5.82 Å². The fourth-order valence-corrected chi connectivity index (χ4v) is 2.51. The molecule has 0 spiro atoms. The Kier molecular flexibility index (Phi) is 5.56. The number of nitrogens with one attached hydrogen (secondary N) is 1. The monoisotopic (exact) mass is 364 g/mol. The van der Waals surface area contributed by atoms with E-state index in [1.54, 1.807) is 37.3 Å². The number of ether oxygens (including phenoxy) is 1. The second-order valence-corrected chi connectivity index (χ2v) is 5.67. The third-order valence-electron chi connectivity index (χ3n) is 3.77. The number of halogens is 1. The standard InChI is InChI=1S/C21H17FN2O3/c1-2-27-21(26)20(25)23-17-6-3-5-15(13-17)19-8-4-7-18(24-19)14-9-11-16(22)12-10-14/h3-13H,2H2,1H3,(H,23,25). The molecule has 6 heteroatoms. The van der Waals surface area contributed by atoms with Crippen LogP contribution in [0.25, 0.3) is 22.5 Å². The van der Waals surface area contributed by atoms with E-state index in [-0.39, 0.29) is 12.4 Å². The number of hydrogen-bond donors (Lipinski definition) is 1. The first-order chi connectivity index (χ1) is 13.1. The van der Waals surface area contributed by atoms with Crippen LogP contribution in [0.3, 0.4) is 0 Å². The molecule has 1 amide bonds. The number of carbonyl (C=O) groups excluding carboxylic acids is 2. The predicted molar refractivity (Wildman–Crippen MR) is 100 cm³/mol. The first kappa shape index (κ1) is 18.3. The summed E-state index contributed by atoms with van der Waals surface area (Å²) in [4.78, 5) is 27.8. The summed E-state index contributed by atoms with van der Waals surface area (Å²) in [5.74, 6) is -2.07. The molecule has 0 unspecified atom stereocenters. The zero-order valence-corrected chi connectivity index (χ0v) is 14.6. The fourth-order valence-electron chi connectivity index (χ4n) is 2.51. The van der Waals surface area contributed by atoms with Crippen molar-refractivity contribution in [1.29, 1.82) is 0 Å². The van der Waals surface area contributed by atoms with Gasteiger partial charge in [-0.05, 0) is 55.5 Å². The molecule has 0 fully saturated rings. The van der Waals surface area contributed by atoms with E-state index in [9.17, 15) is 14.0 Å². The molecule has 3 rings (SSSR count). The van der Waals surface area contributed by atoms with Gasteiger partial charge in [-0.15, -0.1) is 0 Å². The van der Waals surface area contributed by atoms with E-state index in [0.717, 1.165) is 11.1 Å². The maximum Gasteiger partial charge on any atom is 0.397 e. The minimum atomic E-state index is -0.931. The second kappa shape index (κ2) is 8.23.